The second-order valence-corrected chi connectivity index (χ2v) is 3.97. The summed E-state index contributed by atoms with van der Waals surface area (Å²) in [5.74, 6) is -0.800. The Labute approximate surface area is 98.5 Å². The molecule has 0 bridgehead atoms. The van der Waals surface area contributed by atoms with Crippen LogP contribution in [0.25, 0.3) is 0 Å². The normalized spacial score (nSPS) is 11.4. The first-order valence-corrected chi connectivity index (χ1v) is 5.02. The average Bonchev–Trinajstić information content (AvgIpc) is 2.18. The lowest BCUT2D eigenvalue weighted by Crippen LogP contribution is -2.11. The fourth-order valence-electron chi connectivity index (χ4n) is 1.21. The van der Waals surface area contributed by atoms with Gasteiger partial charge in [0.05, 0.1) is 18.2 Å². The molecule has 0 amide bonds. The molecular formula is C10H8BrF3O2. The molecule has 0 aliphatic carbocycles. The highest BCUT2D eigenvalue weighted by Crippen LogP contribution is 2.35. The minimum absolute atomic E-state index is 0.0418. The van der Waals surface area contributed by atoms with Crippen LogP contribution >= 0.6 is 15.9 Å². The number of ether oxygens (including phenoxy) is 1. The summed E-state index contributed by atoms with van der Waals surface area (Å²) in [6.45, 7) is 1.33. The van der Waals surface area contributed by atoms with Crippen molar-refractivity contribution in [3.8, 4) is 0 Å². The molecule has 0 unspecified atom stereocenters. The summed E-state index contributed by atoms with van der Waals surface area (Å²) in [6, 6.07) is 2.09. The van der Waals surface area contributed by atoms with E-state index in [9.17, 15) is 18.0 Å². The molecule has 0 heterocycles. The summed E-state index contributed by atoms with van der Waals surface area (Å²) in [5, 5.41) is 0. The van der Waals surface area contributed by atoms with E-state index in [1.54, 1.807) is 0 Å². The van der Waals surface area contributed by atoms with Gasteiger partial charge in [0.1, 0.15) is 0 Å². The van der Waals surface area contributed by atoms with Crippen molar-refractivity contribution in [3.05, 3.63) is 33.3 Å². The summed E-state index contributed by atoms with van der Waals surface area (Å²) in [4.78, 5) is 11.1. The third-order valence-electron chi connectivity index (χ3n) is 2.07. The Kier molecular flexibility index (Phi) is 3.62. The van der Waals surface area contributed by atoms with Gasteiger partial charge >= 0.3 is 12.1 Å². The van der Waals surface area contributed by atoms with E-state index in [-0.39, 0.29) is 15.6 Å². The van der Waals surface area contributed by atoms with Crippen LogP contribution in [0.2, 0.25) is 0 Å². The van der Waals surface area contributed by atoms with Crippen molar-refractivity contribution in [3.63, 3.8) is 0 Å². The number of esters is 1. The van der Waals surface area contributed by atoms with Crippen LogP contribution in [0.4, 0.5) is 13.2 Å². The van der Waals surface area contributed by atoms with Gasteiger partial charge in [-0.25, -0.2) is 4.79 Å². The summed E-state index contributed by atoms with van der Waals surface area (Å²) >= 11 is 2.98. The van der Waals surface area contributed by atoms with Crippen molar-refractivity contribution in [2.75, 3.05) is 7.11 Å². The van der Waals surface area contributed by atoms with E-state index in [4.69, 9.17) is 0 Å². The molecule has 0 saturated heterocycles. The van der Waals surface area contributed by atoms with E-state index in [2.05, 4.69) is 20.7 Å². The molecule has 1 aromatic rings. The maximum absolute atomic E-state index is 12.6. The molecular weight excluding hydrogens is 289 g/mol. The van der Waals surface area contributed by atoms with Gasteiger partial charge in [-0.05, 0) is 24.6 Å². The van der Waals surface area contributed by atoms with Gasteiger partial charge in [-0.15, -0.1) is 0 Å². The molecule has 88 valence electrons. The highest BCUT2D eigenvalue weighted by atomic mass is 79.9. The van der Waals surface area contributed by atoms with Crippen molar-refractivity contribution < 1.29 is 22.7 Å². The van der Waals surface area contributed by atoms with Crippen LogP contribution in [0.3, 0.4) is 0 Å². The maximum atomic E-state index is 12.6. The van der Waals surface area contributed by atoms with Crippen LogP contribution in [0.1, 0.15) is 21.5 Å². The Bertz CT molecular complexity index is 427. The highest BCUT2D eigenvalue weighted by molar-refractivity contribution is 9.10. The lowest BCUT2D eigenvalue weighted by Gasteiger charge is -2.13. The van der Waals surface area contributed by atoms with Gasteiger partial charge in [0, 0.05) is 4.47 Å². The quantitative estimate of drug-likeness (QED) is 0.741. The Morgan fingerprint density at radius 2 is 1.94 bits per heavy atom. The van der Waals surface area contributed by atoms with Crippen LogP contribution in [-0.4, -0.2) is 13.1 Å². The molecule has 0 aliphatic rings. The molecule has 0 saturated carbocycles. The average molecular weight is 297 g/mol. The van der Waals surface area contributed by atoms with E-state index in [1.165, 1.54) is 13.0 Å². The largest absolute Gasteiger partial charge is 0.465 e. The lowest BCUT2D eigenvalue weighted by atomic mass is 10.0. The molecule has 0 radical (unpaired) electrons. The maximum Gasteiger partial charge on any atom is 0.416 e. The van der Waals surface area contributed by atoms with Gasteiger partial charge in [0.25, 0.3) is 0 Å². The molecule has 0 spiro atoms. The van der Waals surface area contributed by atoms with Crippen molar-refractivity contribution in [2.24, 2.45) is 0 Å². The number of benzene rings is 1. The molecule has 1 rings (SSSR count). The zero-order chi connectivity index (χ0) is 12.5. The number of carbonyl (C=O) groups excluding carboxylic acids is 1. The van der Waals surface area contributed by atoms with Crippen molar-refractivity contribution in [1.82, 2.24) is 0 Å². The Balaban J connectivity index is 3.39. The number of halogens is 4. The minimum Gasteiger partial charge on any atom is -0.465 e. The zero-order valence-corrected chi connectivity index (χ0v) is 10.1. The molecule has 0 aliphatic heterocycles. The van der Waals surface area contributed by atoms with Gasteiger partial charge in [-0.1, -0.05) is 15.9 Å². The minimum atomic E-state index is -4.49. The van der Waals surface area contributed by atoms with Crippen LogP contribution in [-0.2, 0) is 10.9 Å². The first-order chi connectivity index (χ1) is 7.27. The monoisotopic (exact) mass is 296 g/mol. The first kappa shape index (κ1) is 13.0. The topological polar surface area (TPSA) is 26.3 Å². The summed E-state index contributed by atoms with van der Waals surface area (Å²) in [5.41, 5.74) is -0.935. The number of rotatable bonds is 1. The molecule has 0 fully saturated rings. The van der Waals surface area contributed by atoms with Crippen LogP contribution in [0, 0.1) is 6.92 Å². The first-order valence-electron chi connectivity index (χ1n) is 4.23. The smallest absolute Gasteiger partial charge is 0.416 e. The van der Waals surface area contributed by atoms with E-state index < -0.39 is 17.7 Å². The second kappa shape index (κ2) is 4.45. The molecule has 0 atom stereocenters. The van der Waals surface area contributed by atoms with Crippen LogP contribution in [0.15, 0.2) is 16.6 Å². The molecule has 1 aromatic carbocycles. The van der Waals surface area contributed by atoms with E-state index in [0.717, 1.165) is 13.2 Å². The second-order valence-electron chi connectivity index (χ2n) is 3.12. The number of carbonyl (C=O) groups is 1. The molecule has 0 aromatic heterocycles. The molecule has 16 heavy (non-hydrogen) atoms. The summed E-state index contributed by atoms with van der Waals surface area (Å²) in [6.07, 6.45) is -4.49. The predicted molar refractivity (Wildman–Crippen MR) is 55.2 cm³/mol. The van der Waals surface area contributed by atoms with E-state index >= 15 is 0 Å². The Morgan fingerprint density at radius 3 is 2.38 bits per heavy atom. The number of alkyl halides is 3. The number of hydrogen-bond donors (Lipinski definition) is 0. The zero-order valence-electron chi connectivity index (χ0n) is 8.48. The molecule has 0 N–H and O–H groups in total. The van der Waals surface area contributed by atoms with Crippen LogP contribution in [0.5, 0.6) is 0 Å². The van der Waals surface area contributed by atoms with Gasteiger partial charge in [-0.3, -0.25) is 0 Å². The fraction of sp³-hybridized carbons (Fsp3) is 0.300. The number of hydrogen-bond acceptors (Lipinski definition) is 2. The number of methoxy groups -OCH3 is 1. The van der Waals surface area contributed by atoms with Gasteiger partial charge in [-0.2, -0.15) is 13.2 Å². The van der Waals surface area contributed by atoms with E-state index in [1.807, 2.05) is 0 Å². The van der Waals surface area contributed by atoms with Crippen molar-refractivity contribution in [1.29, 1.82) is 0 Å². The highest BCUT2D eigenvalue weighted by Gasteiger charge is 2.34. The van der Waals surface area contributed by atoms with Crippen molar-refractivity contribution in [2.45, 2.75) is 13.1 Å². The van der Waals surface area contributed by atoms with Crippen LogP contribution < -0.4 is 0 Å². The SMILES string of the molecule is COC(=O)c1cc(Br)c(C)c(C(F)(F)F)c1. The van der Waals surface area contributed by atoms with Gasteiger partial charge in [0.15, 0.2) is 0 Å². The summed E-state index contributed by atoms with van der Waals surface area (Å²) < 4.78 is 42.4. The molecule has 2 nitrogen and oxygen atoms in total. The van der Waals surface area contributed by atoms with Gasteiger partial charge in [0.2, 0.25) is 0 Å². The predicted octanol–water partition coefficient (Wildman–Crippen LogP) is 3.56. The standard InChI is InChI=1S/C10H8BrF3O2/c1-5-7(10(12,13)14)3-6(4-8(5)11)9(15)16-2/h3-4H,1-2H3. The van der Waals surface area contributed by atoms with Crippen molar-refractivity contribution >= 4 is 21.9 Å². The Morgan fingerprint density at radius 1 is 1.38 bits per heavy atom. The van der Waals surface area contributed by atoms with Gasteiger partial charge < -0.3 is 4.74 Å². The fourth-order valence-corrected chi connectivity index (χ4v) is 1.67. The summed E-state index contributed by atoms with van der Waals surface area (Å²) in [7, 11) is 1.11. The third kappa shape index (κ3) is 2.55. The third-order valence-corrected chi connectivity index (χ3v) is 2.89. The lowest BCUT2D eigenvalue weighted by molar-refractivity contribution is -0.138. The Hall–Kier alpha value is -1.04. The van der Waals surface area contributed by atoms with E-state index in [0.29, 0.717) is 0 Å². The molecule has 6 heteroatoms.